The van der Waals surface area contributed by atoms with Gasteiger partial charge in [-0.3, -0.25) is 0 Å². The lowest BCUT2D eigenvalue weighted by Crippen LogP contribution is -1.86. The second-order valence-corrected chi connectivity index (χ2v) is 4.50. The zero-order chi connectivity index (χ0) is 14.8. The highest BCUT2D eigenvalue weighted by Gasteiger charge is 2.13. The summed E-state index contributed by atoms with van der Waals surface area (Å²) in [4.78, 5) is 8.23. The third-order valence-corrected chi connectivity index (χ3v) is 3.01. The van der Waals surface area contributed by atoms with Crippen LogP contribution >= 0.6 is 11.6 Å². The van der Waals surface area contributed by atoms with Gasteiger partial charge in [0.05, 0.1) is 10.6 Å². The van der Waals surface area contributed by atoms with Crippen molar-refractivity contribution in [1.82, 2.24) is 15.1 Å². The fourth-order valence-corrected chi connectivity index (χ4v) is 1.85. The molecule has 7 heteroatoms. The molecule has 0 amide bonds. The van der Waals surface area contributed by atoms with E-state index in [4.69, 9.17) is 21.4 Å². The highest BCUT2D eigenvalue weighted by atomic mass is 35.5. The summed E-state index contributed by atoms with van der Waals surface area (Å²) < 4.78 is 18.2. The Morgan fingerprint density at radius 2 is 2.10 bits per heavy atom. The van der Waals surface area contributed by atoms with Crippen molar-refractivity contribution in [3.8, 4) is 29.0 Å². The van der Waals surface area contributed by atoms with Crippen molar-refractivity contribution >= 4 is 11.6 Å². The predicted octanol–water partition coefficient (Wildman–Crippen LogP) is 3.46. The van der Waals surface area contributed by atoms with Crippen LogP contribution in [0.4, 0.5) is 4.39 Å². The normalized spacial score (nSPS) is 10.3. The van der Waals surface area contributed by atoms with Crippen LogP contribution in [0.15, 0.2) is 41.1 Å². The van der Waals surface area contributed by atoms with Crippen LogP contribution in [-0.4, -0.2) is 15.1 Å². The Morgan fingerprint density at radius 1 is 1.24 bits per heavy atom. The van der Waals surface area contributed by atoms with E-state index >= 15 is 0 Å². The second-order valence-electron chi connectivity index (χ2n) is 4.10. The average Bonchev–Trinajstić information content (AvgIpc) is 3.00. The van der Waals surface area contributed by atoms with Crippen LogP contribution in [0.2, 0.25) is 5.02 Å². The zero-order valence-corrected chi connectivity index (χ0v) is 11.2. The van der Waals surface area contributed by atoms with E-state index in [2.05, 4.69) is 15.1 Å². The number of hydrogen-bond donors (Lipinski definition) is 0. The standard InChI is InChI=1S/C14H6ClFN4O/c15-10-5-9(2-3-11(10)16)13-19-14(21-20-13)12-4-1-8(6-17)7-18-12/h1-5,7H. The molecular weight excluding hydrogens is 295 g/mol. The molecule has 21 heavy (non-hydrogen) atoms. The predicted molar refractivity (Wildman–Crippen MR) is 72.6 cm³/mol. The van der Waals surface area contributed by atoms with E-state index in [1.165, 1.54) is 24.4 Å². The second kappa shape index (κ2) is 5.31. The molecule has 0 spiro atoms. The van der Waals surface area contributed by atoms with Crippen molar-refractivity contribution in [3.63, 3.8) is 0 Å². The molecule has 0 fully saturated rings. The summed E-state index contributed by atoms with van der Waals surface area (Å²) in [6.07, 6.45) is 1.41. The first-order valence-corrected chi connectivity index (χ1v) is 6.21. The largest absolute Gasteiger partial charge is 0.332 e. The molecule has 0 unspecified atom stereocenters. The van der Waals surface area contributed by atoms with Gasteiger partial charge in [0.25, 0.3) is 5.89 Å². The smallest absolute Gasteiger partial charge is 0.276 e. The topological polar surface area (TPSA) is 75.6 Å². The monoisotopic (exact) mass is 300 g/mol. The molecule has 0 aliphatic heterocycles. The van der Waals surface area contributed by atoms with Crippen molar-refractivity contribution in [2.24, 2.45) is 0 Å². The lowest BCUT2D eigenvalue weighted by atomic mass is 10.2. The molecule has 0 N–H and O–H groups in total. The van der Waals surface area contributed by atoms with Gasteiger partial charge in [-0.25, -0.2) is 9.37 Å². The summed E-state index contributed by atoms with van der Waals surface area (Å²) in [7, 11) is 0. The summed E-state index contributed by atoms with van der Waals surface area (Å²) in [5.41, 5.74) is 1.41. The van der Waals surface area contributed by atoms with Crippen LogP contribution in [0.25, 0.3) is 23.0 Å². The Morgan fingerprint density at radius 3 is 2.76 bits per heavy atom. The van der Waals surface area contributed by atoms with Gasteiger partial charge in [-0.1, -0.05) is 16.8 Å². The quantitative estimate of drug-likeness (QED) is 0.724. The maximum absolute atomic E-state index is 13.1. The maximum atomic E-state index is 13.1. The van der Waals surface area contributed by atoms with Crippen LogP contribution in [-0.2, 0) is 0 Å². The minimum absolute atomic E-state index is 0.0182. The Kier molecular flexibility index (Phi) is 3.34. The number of nitriles is 1. The Balaban J connectivity index is 1.95. The molecule has 0 aliphatic rings. The van der Waals surface area contributed by atoms with Crippen molar-refractivity contribution < 1.29 is 8.91 Å². The number of rotatable bonds is 2. The highest BCUT2D eigenvalue weighted by molar-refractivity contribution is 6.31. The fourth-order valence-electron chi connectivity index (χ4n) is 1.67. The molecule has 3 rings (SSSR count). The van der Waals surface area contributed by atoms with Crippen molar-refractivity contribution in [2.45, 2.75) is 0 Å². The lowest BCUT2D eigenvalue weighted by molar-refractivity contribution is 0.431. The summed E-state index contributed by atoms with van der Waals surface area (Å²) in [5, 5.41) is 12.5. The first-order chi connectivity index (χ1) is 10.2. The molecule has 1 aromatic carbocycles. The molecule has 0 saturated carbocycles. The molecule has 2 aromatic heterocycles. The molecule has 5 nitrogen and oxygen atoms in total. The van der Waals surface area contributed by atoms with Crippen molar-refractivity contribution in [3.05, 3.63) is 52.9 Å². The molecule has 0 aliphatic carbocycles. The van der Waals surface area contributed by atoms with Gasteiger partial charge in [0.1, 0.15) is 17.6 Å². The molecule has 2 heterocycles. The summed E-state index contributed by atoms with van der Waals surface area (Å²) in [5.74, 6) is -0.0362. The Bertz CT molecular complexity index is 839. The number of benzene rings is 1. The van der Waals surface area contributed by atoms with E-state index < -0.39 is 5.82 Å². The van der Waals surface area contributed by atoms with Gasteiger partial charge >= 0.3 is 0 Å². The molecule has 102 valence electrons. The van der Waals surface area contributed by atoms with Crippen LogP contribution in [0.3, 0.4) is 0 Å². The summed E-state index contributed by atoms with van der Waals surface area (Å²) in [6, 6.07) is 9.32. The maximum Gasteiger partial charge on any atom is 0.276 e. The third-order valence-electron chi connectivity index (χ3n) is 2.72. The highest BCUT2D eigenvalue weighted by Crippen LogP contribution is 2.24. The van der Waals surface area contributed by atoms with Gasteiger partial charge in [-0.15, -0.1) is 0 Å². The number of halogens is 2. The third kappa shape index (κ3) is 2.59. The minimum Gasteiger partial charge on any atom is -0.332 e. The molecular formula is C14H6ClFN4O. The van der Waals surface area contributed by atoms with E-state index in [0.29, 0.717) is 16.8 Å². The first-order valence-electron chi connectivity index (χ1n) is 5.83. The van der Waals surface area contributed by atoms with Crippen LogP contribution in [0.5, 0.6) is 0 Å². The van der Waals surface area contributed by atoms with E-state index in [1.807, 2.05) is 6.07 Å². The minimum atomic E-state index is -0.516. The average molecular weight is 301 g/mol. The van der Waals surface area contributed by atoms with E-state index in [1.54, 1.807) is 12.1 Å². The summed E-state index contributed by atoms with van der Waals surface area (Å²) >= 11 is 5.72. The number of nitrogens with zero attached hydrogens (tertiary/aromatic N) is 4. The lowest BCUT2D eigenvalue weighted by Gasteiger charge is -1.96. The molecule has 3 aromatic rings. The number of pyridine rings is 1. The van der Waals surface area contributed by atoms with Crippen LogP contribution in [0.1, 0.15) is 5.56 Å². The van der Waals surface area contributed by atoms with Gasteiger partial charge in [0.15, 0.2) is 0 Å². The van der Waals surface area contributed by atoms with E-state index in [0.717, 1.165) is 0 Å². The first kappa shape index (κ1) is 13.2. The van der Waals surface area contributed by atoms with Gasteiger partial charge in [-0.2, -0.15) is 10.2 Å². The van der Waals surface area contributed by atoms with Gasteiger partial charge < -0.3 is 4.52 Å². The SMILES string of the molecule is N#Cc1ccc(-c2nc(-c3ccc(F)c(Cl)c3)no2)nc1. The molecule has 0 radical (unpaired) electrons. The fraction of sp³-hybridized carbons (Fsp3) is 0. The van der Waals surface area contributed by atoms with Crippen LogP contribution in [0, 0.1) is 17.1 Å². The molecule has 0 saturated heterocycles. The van der Waals surface area contributed by atoms with Gasteiger partial charge in [0, 0.05) is 11.8 Å². The van der Waals surface area contributed by atoms with Gasteiger partial charge in [-0.05, 0) is 30.3 Å². The van der Waals surface area contributed by atoms with E-state index in [9.17, 15) is 4.39 Å². The number of hydrogen-bond acceptors (Lipinski definition) is 5. The molecule has 0 bridgehead atoms. The van der Waals surface area contributed by atoms with Crippen molar-refractivity contribution in [2.75, 3.05) is 0 Å². The van der Waals surface area contributed by atoms with Gasteiger partial charge in [0.2, 0.25) is 5.82 Å². The number of aromatic nitrogens is 3. The van der Waals surface area contributed by atoms with E-state index in [-0.39, 0.29) is 16.7 Å². The summed E-state index contributed by atoms with van der Waals surface area (Å²) in [6.45, 7) is 0. The Hall–Kier alpha value is -2.78. The van der Waals surface area contributed by atoms with Crippen LogP contribution < -0.4 is 0 Å². The molecule has 0 atom stereocenters. The Labute approximate surface area is 123 Å². The van der Waals surface area contributed by atoms with Crippen molar-refractivity contribution in [1.29, 1.82) is 5.26 Å². The zero-order valence-electron chi connectivity index (χ0n) is 10.4.